The number of fused-ring (bicyclic) bond motifs is 1. The molecule has 1 aliphatic rings. The third-order valence-electron chi connectivity index (χ3n) is 3.07. The highest BCUT2D eigenvalue weighted by atomic mass is 16.3. The first-order valence-corrected chi connectivity index (χ1v) is 6.01. The molecular weight excluding hydrogens is 216 g/mol. The average molecular weight is 234 g/mol. The molecule has 1 aliphatic heterocycles. The van der Waals surface area contributed by atoms with Gasteiger partial charge in [-0.15, -0.1) is 0 Å². The van der Waals surface area contributed by atoms with Crippen molar-refractivity contribution < 1.29 is 9.90 Å². The van der Waals surface area contributed by atoms with E-state index in [1.807, 2.05) is 31.2 Å². The third-order valence-corrected chi connectivity index (χ3v) is 3.07. The van der Waals surface area contributed by atoms with E-state index in [9.17, 15) is 9.90 Å². The lowest BCUT2D eigenvalue weighted by atomic mass is 10.1. The maximum absolute atomic E-state index is 11.8. The molecule has 4 nitrogen and oxygen atoms in total. The standard InChI is InChI=1S/C13H18N2O2/c1-2-10(16)8-14-13(17)12-7-9-5-3-4-6-11(9)15-12/h3-6,10,12,15-16H,2,7-8H2,1H3,(H,14,17). The molecule has 2 rings (SSSR count). The molecule has 1 heterocycles. The normalized spacial score (nSPS) is 19.3. The number of amides is 1. The summed E-state index contributed by atoms with van der Waals surface area (Å²) < 4.78 is 0. The van der Waals surface area contributed by atoms with E-state index < -0.39 is 6.10 Å². The van der Waals surface area contributed by atoms with Crippen molar-refractivity contribution >= 4 is 11.6 Å². The molecule has 1 amide bonds. The van der Waals surface area contributed by atoms with E-state index in [2.05, 4.69) is 10.6 Å². The van der Waals surface area contributed by atoms with E-state index in [1.54, 1.807) is 0 Å². The van der Waals surface area contributed by atoms with Gasteiger partial charge in [0.15, 0.2) is 0 Å². The zero-order valence-electron chi connectivity index (χ0n) is 9.94. The molecule has 0 aliphatic carbocycles. The highest BCUT2D eigenvalue weighted by Crippen LogP contribution is 2.24. The lowest BCUT2D eigenvalue weighted by molar-refractivity contribution is -0.122. The van der Waals surface area contributed by atoms with Crippen LogP contribution in [0.5, 0.6) is 0 Å². The van der Waals surface area contributed by atoms with Gasteiger partial charge in [0.05, 0.1) is 6.10 Å². The van der Waals surface area contributed by atoms with Crippen LogP contribution in [0.15, 0.2) is 24.3 Å². The Bertz CT molecular complexity index is 381. The lowest BCUT2D eigenvalue weighted by Crippen LogP contribution is -2.41. The van der Waals surface area contributed by atoms with Crippen LogP contribution in [0, 0.1) is 0 Å². The summed E-state index contributed by atoms with van der Waals surface area (Å²) in [6, 6.07) is 7.71. The maximum Gasteiger partial charge on any atom is 0.242 e. The molecule has 17 heavy (non-hydrogen) atoms. The van der Waals surface area contributed by atoms with Gasteiger partial charge in [0.25, 0.3) is 0 Å². The number of hydrogen-bond acceptors (Lipinski definition) is 3. The average Bonchev–Trinajstić information content (AvgIpc) is 2.79. The number of anilines is 1. The molecule has 0 fully saturated rings. The number of aliphatic hydroxyl groups excluding tert-OH is 1. The van der Waals surface area contributed by atoms with Gasteiger partial charge in [-0.05, 0) is 18.1 Å². The van der Waals surface area contributed by atoms with Crippen molar-refractivity contribution in [3.8, 4) is 0 Å². The van der Waals surface area contributed by atoms with Crippen molar-refractivity contribution in [3.63, 3.8) is 0 Å². The lowest BCUT2D eigenvalue weighted by Gasteiger charge is -2.14. The van der Waals surface area contributed by atoms with Crippen LogP contribution >= 0.6 is 0 Å². The molecule has 0 spiro atoms. The predicted octanol–water partition coefficient (Wildman–Crippen LogP) is 0.910. The van der Waals surface area contributed by atoms with Gasteiger partial charge in [0.2, 0.25) is 5.91 Å². The summed E-state index contributed by atoms with van der Waals surface area (Å²) in [5.74, 6) is -0.0475. The number of carbonyl (C=O) groups excluding carboxylic acids is 1. The van der Waals surface area contributed by atoms with Crippen molar-refractivity contribution in [2.75, 3.05) is 11.9 Å². The zero-order chi connectivity index (χ0) is 12.3. The summed E-state index contributed by atoms with van der Waals surface area (Å²) in [6.45, 7) is 2.21. The van der Waals surface area contributed by atoms with Crippen molar-refractivity contribution in [2.24, 2.45) is 0 Å². The summed E-state index contributed by atoms with van der Waals surface area (Å²) in [6.07, 6.45) is 0.908. The predicted molar refractivity (Wildman–Crippen MR) is 66.9 cm³/mol. The second kappa shape index (κ2) is 5.19. The van der Waals surface area contributed by atoms with E-state index in [1.165, 1.54) is 5.56 Å². The molecule has 1 aromatic rings. The summed E-state index contributed by atoms with van der Waals surface area (Å²) in [5, 5.41) is 15.3. The molecule has 0 saturated carbocycles. The third kappa shape index (κ3) is 2.77. The van der Waals surface area contributed by atoms with Crippen molar-refractivity contribution in [1.82, 2.24) is 5.32 Å². The minimum atomic E-state index is -0.456. The number of para-hydroxylation sites is 1. The quantitative estimate of drug-likeness (QED) is 0.725. The van der Waals surface area contributed by atoms with Gasteiger partial charge in [0, 0.05) is 18.7 Å². The largest absolute Gasteiger partial charge is 0.391 e. The Kier molecular flexibility index (Phi) is 3.64. The van der Waals surface area contributed by atoms with Crippen molar-refractivity contribution in [3.05, 3.63) is 29.8 Å². The highest BCUT2D eigenvalue weighted by Gasteiger charge is 2.26. The molecule has 92 valence electrons. The number of aliphatic hydroxyl groups is 1. The maximum atomic E-state index is 11.8. The minimum absolute atomic E-state index is 0.0475. The van der Waals surface area contributed by atoms with Crippen LogP contribution in [-0.4, -0.2) is 29.7 Å². The van der Waals surface area contributed by atoms with Crippen LogP contribution in [0.3, 0.4) is 0 Å². The number of nitrogens with one attached hydrogen (secondary N) is 2. The first kappa shape index (κ1) is 11.9. The van der Waals surface area contributed by atoms with E-state index in [0.29, 0.717) is 19.4 Å². The monoisotopic (exact) mass is 234 g/mol. The van der Waals surface area contributed by atoms with Crippen LogP contribution in [0.2, 0.25) is 0 Å². The number of carbonyl (C=O) groups is 1. The summed E-state index contributed by atoms with van der Waals surface area (Å²) >= 11 is 0. The Labute approximate surface area is 101 Å². The second-order valence-corrected chi connectivity index (χ2v) is 4.37. The summed E-state index contributed by atoms with van der Waals surface area (Å²) in [7, 11) is 0. The summed E-state index contributed by atoms with van der Waals surface area (Å²) in [5.41, 5.74) is 2.20. The van der Waals surface area contributed by atoms with E-state index in [4.69, 9.17) is 0 Å². The van der Waals surface area contributed by atoms with Gasteiger partial charge < -0.3 is 15.7 Å². The molecular formula is C13H18N2O2. The Morgan fingerprint density at radius 3 is 3.06 bits per heavy atom. The Morgan fingerprint density at radius 2 is 2.35 bits per heavy atom. The van der Waals surface area contributed by atoms with Gasteiger partial charge in [-0.2, -0.15) is 0 Å². The van der Waals surface area contributed by atoms with E-state index in [-0.39, 0.29) is 11.9 Å². The fourth-order valence-electron chi connectivity index (χ4n) is 1.94. The molecule has 2 atom stereocenters. The van der Waals surface area contributed by atoms with Crippen LogP contribution in [0.25, 0.3) is 0 Å². The smallest absolute Gasteiger partial charge is 0.242 e. The minimum Gasteiger partial charge on any atom is -0.391 e. The SMILES string of the molecule is CCC(O)CNC(=O)C1Cc2ccccc2N1. The van der Waals surface area contributed by atoms with Gasteiger partial charge in [-0.25, -0.2) is 0 Å². The van der Waals surface area contributed by atoms with E-state index >= 15 is 0 Å². The second-order valence-electron chi connectivity index (χ2n) is 4.37. The molecule has 0 aromatic heterocycles. The number of rotatable bonds is 4. The Morgan fingerprint density at radius 1 is 1.59 bits per heavy atom. The number of hydrogen-bond donors (Lipinski definition) is 3. The molecule has 3 N–H and O–H groups in total. The highest BCUT2D eigenvalue weighted by molar-refractivity contribution is 5.87. The molecule has 0 bridgehead atoms. The first-order valence-electron chi connectivity index (χ1n) is 6.01. The van der Waals surface area contributed by atoms with Gasteiger partial charge in [0.1, 0.15) is 6.04 Å². The van der Waals surface area contributed by atoms with Crippen LogP contribution in [0.1, 0.15) is 18.9 Å². The van der Waals surface area contributed by atoms with Gasteiger partial charge in [-0.3, -0.25) is 4.79 Å². The topological polar surface area (TPSA) is 61.4 Å². The van der Waals surface area contributed by atoms with Crippen LogP contribution < -0.4 is 10.6 Å². The summed E-state index contributed by atoms with van der Waals surface area (Å²) in [4.78, 5) is 11.8. The Balaban J connectivity index is 1.88. The molecule has 2 unspecified atom stereocenters. The van der Waals surface area contributed by atoms with Gasteiger partial charge in [-0.1, -0.05) is 25.1 Å². The molecule has 0 radical (unpaired) electrons. The van der Waals surface area contributed by atoms with Crippen molar-refractivity contribution in [2.45, 2.75) is 31.9 Å². The Hall–Kier alpha value is -1.55. The molecule has 4 heteroatoms. The fraction of sp³-hybridized carbons (Fsp3) is 0.462. The number of benzene rings is 1. The van der Waals surface area contributed by atoms with E-state index in [0.717, 1.165) is 5.69 Å². The molecule has 0 saturated heterocycles. The fourth-order valence-corrected chi connectivity index (χ4v) is 1.94. The molecule has 1 aromatic carbocycles. The van der Waals surface area contributed by atoms with Gasteiger partial charge >= 0.3 is 0 Å². The zero-order valence-corrected chi connectivity index (χ0v) is 9.94. The first-order chi connectivity index (χ1) is 8.20. The van der Waals surface area contributed by atoms with Crippen LogP contribution in [0.4, 0.5) is 5.69 Å². The van der Waals surface area contributed by atoms with Crippen LogP contribution in [-0.2, 0) is 11.2 Å². The van der Waals surface area contributed by atoms with Crippen molar-refractivity contribution in [1.29, 1.82) is 0 Å².